The van der Waals surface area contributed by atoms with Crippen LogP contribution < -0.4 is 9.47 Å². The standard InChI is InChI=1S/C15H16O5/c1-10(8-15(17)18)4-6-13(16)12-9-11(19-2)5-7-14(12)20-3/h4-9H,1-3H3,(H,17,18)/b6-4+,10-8+. The summed E-state index contributed by atoms with van der Waals surface area (Å²) in [6, 6.07) is 4.90. The molecule has 20 heavy (non-hydrogen) atoms. The zero-order valence-corrected chi connectivity index (χ0v) is 11.5. The van der Waals surface area contributed by atoms with E-state index in [1.165, 1.54) is 26.4 Å². The number of carbonyl (C=O) groups excluding carboxylic acids is 1. The highest BCUT2D eigenvalue weighted by atomic mass is 16.5. The van der Waals surface area contributed by atoms with Crippen molar-refractivity contribution >= 4 is 11.8 Å². The molecule has 0 spiro atoms. The number of aliphatic carboxylic acids is 1. The normalized spacial score (nSPS) is 11.4. The molecule has 0 amide bonds. The van der Waals surface area contributed by atoms with Crippen molar-refractivity contribution in [3.63, 3.8) is 0 Å². The smallest absolute Gasteiger partial charge is 0.328 e. The molecule has 106 valence electrons. The molecular formula is C15H16O5. The summed E-state index contributed by atoms with van der Waals surface area (Å²) in [5, 5.41) is 8.58. The van der Waals surface area contributed by atoms with Gasteiger partial charge >= 0.3 is 5.97 Å². The van der Waals surface area contributed by atoms with Gasteiger partial charge < -0.3 is 14.6 Å². The predicted molar refractivity (Wildman–Crippen MR) is 74.4 cm³/mol. The molecule has 1 rings (SSSR count). The lowest BCUT2D eigenvalue weighted by Crippen LogP contribution is -2.00. The van der Waals surface area contributed by atoms with Gasteiger partial charge in [0.15, 0.2) is 5.78 Å². The molecule has 0 aliphatic carbocycles. The third kappa shape index (κ3) is 4.28. The summed E-state index contributed by atoms with van der Waals surface area (Å²) in [4.78, 5) is 22.6. The van der Waals surface area contributed by atoms with Crippen LogP contribution in [0.15, 0.2) is 42.0 Å². The largest absolute Gasteiger partial charge is 0.497 e. The maximum absolute atomic E-state index is 12.1. The van der Waals surface area contributed by atoms with Crippen molar-refractivity contribution in [1.82, 2.24) is 0 Å². The quantitative estimate of drug-likeness (QED) is 0.491. The van der Waals surface area contributed by atoms with E-state index in [9.17, 15) is 9.59 Å². The Kier molecular flexibility index (Phi) is 5.53. The van der Waals surface area contributed by atoms with Gasteiger partial charge in [-0.05, 0) is 36.8 Å². The van der Waals surface area contributed by atoms with Gasteiger partial charge in [0, 0.05) is 6.08 Å². The van der Waals surface area contributed by atoms with E-state index < -0.39 is 5.97 Å². The minimum absolute atomic E-state index is 0.293. The predicted octanol–water partition coefficient (Wildman–Crippen LogP) is 2.47. The van der Waals surface area contributed by atoms with E-state index in [0.717, 1.165) is 6.08 Å². The first-order chi connectivity index (χ1) is 9.47. The molecule has 1 N–H and O–H groups in total. The molecule has 0 aliphatic heterocycles. The summed E-state index contributed by atoms with van der Waals surface area (Å²) >= 11 is 0. The Bertz CT molecular complexity index is 570. The molecule has 0 unspecified atom stereocenters. The Balaban J connectivity index is 3.02. The molecule has 0 saturated heterocycles. The van der Waals surface area contributed by atoms with Crippen LogP contribution in [-0.4, -0.2) is 31.1 Å². The monoisotopic (exact) mass is 276 g/mol. The molecule has 5 nitrogen and oxygen atoms in total. The van der Waals surface area contributed by atoms with E-state index >= 15 is 0 Å². The first-order valence-corrected chi connectivity index (χ1v) is 5.83. The number of carboxylic acid groups (broad SMARTS) is 1. The summed E-state index contributed by atoms with van der Waals surface area (Å²) in [5.74, 6) is -0.377. The van der Waals surface area contributed by atoms with Crippen LogP contribution in [0.4, 0.5) is 0 Å². The number of carbonyl (C=O) groups is 2. The summed E-state index contributed by atoms with van der Waals surface area (Å²) in [6.07, 6.45) is 3.76. The fourth-order valence-electron chi connectivity index (χ4n) is 1.55. The average molecular weight is 276 g/mol. The highest BCUT2D eigenvalue weighted by Crippen LogP contribution is 2.24. The van der Waals surface area contributed by atoms with Crippen LogP contribution in [-0.2, 0) is 4.79 Å². The Morgan fingerprint density at radius 2 is 1.85 bits per heavy atom. The second-order valence-corrected chi connectivity index (χ2v) is 3.99. The van der Waals surface area contributed by atoms with E-state index in [0.29, 0.717) is 22.6 Å². The van der Waals surface area contributed by atoms with Crippen molar-refractivity contribution < 1.29 is 24.2 Å². The van der Waals surface area contributed by atoms with Gasteiger partial charge in [-0.3, -0.25) is 4.79 Å². The highest BCUT2D eigenvalue weighted by molar-refractivity contribution is 6.07. The minimum Gasteiger partial charge on any atom is -0.497 e. The maximum Gasteiger partial charge on any atom is 0.328 e. The van der Waals surface area contributed by atoms with Crippen molar-refractivity contribution in [2.75, 3.05) is 14.2 Å². The van der Waals surface area contributed by atoms with Crippen LogP contribution in [0.25, 0.3) is 0 Å². The highest BCUT2D eigenvalue weighted by Gasteiger charge is 2.11. The molecule has 0 aromatic heterocycles. The topological polar surface area (TPSA) is 72.8 Å². The zero-order chi connectivity index (χ0) is 15.1. The molecule has 0 radical (unpaired) electrons. The molecular weight excluding hydrogens is 260 g/mol. The number of hydrogen-bond acceptors (Lipinski definition) is 4. The Labute approximate surface area is 117 Å². The Morgan fingerprint density at radius 3 is 2.40 bits per heavy atom. The lowest BCUT2D eigenvalue weighted by Gasteiger charge is -2.07. The third-order valence-corrected chi connectivity index (χ3v) is 2.52. The van der Waals surface area contributed by atoms with Crippen molar-refractivity contribution in [1.29, 1.82) is 0 Å². The molecule has 5 heteroatoms. The van der Waals surface area contributed by atoms with Crippen molar-refractivity contribution in [3.8, 4) is 11.5 Å². The summed E-state index contributed by atoms with van der Waals surface area (Å²) in [6.45, 7) is 1.60. The second kappa shape index (κ2) is 7.13. The lowest BCUT2D eigenvalue weighted by atomic mass is 10.1. The number of hydrogen-bond donors (Lipinski definition) is 1. The van der Waals surface area contributed by atoms with Gasteiger partial charge in [0.1, 0.15) is 11.5 Å². The number of benzene rings is 1. The van der Waals surface area contributed by atoms with Crippen LogP contribution in [0, 0.1) is 0 Å². The van der Waals surface area contributed by atoms with Crippen LogP contribution in [0.1, 0.15) is 17.3 Å². The second-order valence-electron chi connectivity index (χ2n) is 3.99. The molecule has 1 aromatic rings. The SMILES string of the molecule is COc1ccc(OC)c(C(=O)/C=C/C(C)=C/C(=O)O)c1. The number of ether oxygens (including phenoxy) is 2. The third-order valence-electron chi connectivity index (χ3n) is 2.52. The number of ketones is 1. The van der Waals surface area contributed by atoms with Gasteiger partial charge in [-0.15, -0.1) is 0 Å². The summed E-state index contributed by atoms with van der Waals surface area (Å²) in [7, 11) is 2.98. The van der Waals surface area contributed by atoms with E-state index in [1.54, 1.807) is 25.1 Å². The van der Waals surface area contributed by atoms with E-state index in [2.05, 4.69) is 0 Å². The van der Waals surface area contributed by atoms with Crippen molar-refractivity contribution in [3.05, 3.63) is 47.6 Å². The van der Waals surface area contributed by atoms with E-state index in [4.69, 9.17) is 14.6 Å². The van der Waals surface area contributed by atoms with Gasteiger partial charge in [0.05, 0.1) is 19.8 Å². The van der Waals surface area contributed by atoms with Crippen LogP contribution in [0.3, 0.4) is 0 Å². The number of carboxylic acids is 1. The fourth-order valence-corrected chi connectivity index (χ4v) is 1.55. The first-order valence-electron chi connectivity index (χ1n) is 5.83. The average Bonchev–Trinajstić information content (AvgIpc) is 2.43. The van der Waals surface area contributed by atoms with Gasteiger partial charge in [0.2, 0.25) is 0 Å². The minimum atomic E-state index is -1.06. The van der Waals surface area contributed by atoms with Crippen LogP contribution >= 0.6 is 0 Å². The maximum atomic E-state index is 12.1. The number of rotatable bonds is 6. The van der Waals surface area contributed by atoms with Crippen LogP contribution in [0.5, 0.6) is 11.5 Å². The van der Waals surface area contributed by atoms with E-state index in [1.807, 2.05) is 0 Å². The molecule has 0 bridgehead atoms. The van der Waals surface area contributed by atoms with Gasteiger partial charge in [-0.1, -0.05) is 6.08 Å². The van der Waals surface area contributed by atoms with Gasteiger partial charge in [-0.2, -0.15) is 0 Å². The van der Waals surface area contributed by atoms with Crippen LogP contribution in [0.2, 0.25) is 0 Å². The fraction of sp³-hybridized carbons (Fsp3) is 0.200. The molecule has 0 atom stereocenters. The molecule has 0 saturated carbocycles. The van der Waals surface area contributed by atoms with Gasteiger partial charge in [-0.25, -0.2) is 4.79 Å². The first kappa shape index (κ1) is 15.5. The Hall–Kier alpha value is -2.56. The number of allylic oxidation sites excluding steroid dienone is 3. The summed E-state index contributed by atoms with van der Waals surface area (Å²) < 4.78 is 10.2. The number of methoxy groups -OCH3 is 2. The Morgan fingerprint density at radius 1 is 1.15 bits per heavy atom. The van der Waals surface area contributed by atoms with Crippen molar-refractivity contribution in [2.24, 2.45) is 0 Å². The van der Waals surface area contributed by atoms with E-state index in [-0.39, 0.29) is 5.78 Å². The zero-order valence-electron chi connectivity index (χ0n) is 11.5. The summed E-state index contributed by atoms with van der Waals surface area (Å²) in [5.41, 5.74) is 0.818. The molecule has 0 heterocycles. The molecule has 0 fully saturated rings. The molecule has 0 aliphatic rings. The van der Waals surface area contributed by atoms with Gasteiger partial charge in [0.25, 0.3) is 0 Å². The van der Waals surface area contributed by atoms with Crippen molar-refractivity contribution in [2.45, 2.75) is 6.92 Å². The molecule has 1 aromatic carbocycles. The lowest BCUT2D eigenvalue weighted by molar-refractivity contribution is -0.131.